The fourth-order valence-electron chi connectivity index (χ4n) is 1.55. The summed E-state index contributed by atoms with van der Waals surface area (Å²) in [6.07, 6.45) is 0.798. The number of aryl methyl sites for hydroxylation is 1. The zero-order valence-corrected chi connectivity index (χ0v) is 11.4. The summed E-state index contributed by atoms with van der Waals surface area (Å²) in [5.74, 6) is 8.36. The lowest BCUT2D eigenvalue weighted by molar-refractivity contribution is 0.502. The number of nitrogen functional groups attached to an aromatic ring is 1. The van der Waals surface area contributed by atoms with Crippen LogP contribution in [0.15, 0.2) is 6.07 Å². The van der Waals surface area contributed by atoms with E-state index in [4.69, 9.17) is 5.84 Å². The van der Waals surface area contributed by atoms with Crippen molar-refractivity contribution >= 4 is 11.6 Å². The Morgan fingerprint density at radius 1 is 1.35 bits per heavy atom. The van der Waals surface area contributed by atoms with Gasteiger partial charge in [0.2, 0.25) is 0 Å². The highest BCUT2D eigenvalue weighted by molar-refractivity contribution is 5.49. The van der Waals surface area contributed by atoms with Gasteiger partial charge in [0.05, 0.1) is 0 Å². The smallest absolute Gasteiger partial charge is 0.145 e. The Bertz CT molecular complexity index is 342. The molecule has 0 saturated heterocycles. The van der Waals surface area contributed by atoms with E-state index in [0.29, 0.717) is 17.8 Å². The summed E-state index contributed by atoms with van der Waals surface area (Å²) in [7, 11) is 2.05. The van der Waals surface area contributed by atoms with Crippen molar-refractivity contribution < 1.29 is 0 Å². The fraction of sp³-hybridized carbons (Fsp3) is 0.667. The molecule has 17 heavy (non-hydrogen) atoms. The van der Waals surface area contributed by atoms with E-state index >= 15 is 0 Å². The van der Waals surface area contributed by atoms with Crippen LogP contribution in [-0.4, -0.2) is 23.1 Å². The van der Waals surface area contributed by atoms with Crippen LogP contribution >= 0.6 is 0 Å². The van der Waals surface area contributed by atoms with E-state index in [1.807, 2.05) is 20.0 Å². The second-order valence-corrected chi connectivity index (χ2v) is 4.62. The molecule has 0 amide bonds. The molecule has 5 nitrogen and oxygen atoms in total. The molecule has 0 aliphatic rings. The number of hydrogen-bond acceptors (Lipinski definition) is 5. The molecular weight excluding hydrogens is 214 g/mol. The van der Waals surface area contributed by atoms with Gasteiger partial charge in [0.1, 0.15) is 17.5 Å². The van der Waals surface area contributed by atoms with Gasteiger partial charge in [-0.15, -0.1) is 0 Å². The van der Waals surface area contributed by atoms with E-state index in [9.17, 15) is 0 Å². The monoisotopic (exact) mass is 237 g/mol. The summed E-state index contributed by atoms with van der Waals surface area (Å²) in [6.45, 7) is 8.62. The molecule has 5 heteroatoms. The Kier molecular flexibility index (Phi) is 4.69. The maximum absolute atomic E-state index is 5.42. The first-order valence-electron chi connectivity index (χ1n) is 6.07. The lowest BCUT2D eigenvalue weighted by Crippen LogP contribution is -2.34. The Morgan fingerprint density at radius 2 is 2.00 bits per heavy atom. The summed E-state index contributed by atoms with van der Waals surface area (Å²) in [5, 5.41) is 0. The van der Waals surface area contributed by atoms with Crippen molar-refractivity contribution in [2.24, 2.45) is 11.8 Å². The van der Waals surface area contributed by atoms with E-state index in [-0.39, 0.29) is 0 Å². The van der Waals surface area contributed by atoms with E-state index in [1.165, 1.54) is 0 Å². The summed E-state index contributed by atoms with van der Waals surface area (Å²) in [6, 6.07) is 2.29. The molecule has 0 bridgehead atoms. The molecule has 0 radical (unpaired) electrons. The molecule has 1 atom stereocenters. The number of rotatable bonds is 5. The van der Waals surface area contributed by atoms with Crippen LogP contribution in [0.25, 0.3) is 0 Å². The predicted molar refractivity (Wildman–Crippen MR) is 71.9 cm³/mol. The van der Waals surface area contributed by atoms with Crippen LogP contribution in [0, 0.1) is 5.92 Å². The number of aromatic nitrogens is 2. The largest absolute Gasteiger partial charge is 0.357 e. The zero-order chi connectivity index (χ0) is 13.0. The van der Waals surface area contributed by atoms with Gasteiger partial charge in [-0.2, -0.15) is 0 Å². The van der Waals surface area contributed by atoms with E-state index < -0.39 is 0 Å². The molecule has 1 aromatic heterocycles. The molecule has 0 aliphatic carbocycles. The molecule has 0 aliphatic heterocycles. The van der Waals surface area contributed by atoms with Crippen molar-refractivity contribution in [1.82, 2.24) is 9.97 Å². The van der Waals surface area contributed by atoms with Crippen molar-refractivity contribution in [2.45, 2.75) is 40.2 Å². The maximum Gasteiger partial charge on any atom is 0.145 e. The topological polar surface area (TPSA) is 67.1 Å². The lowest BCUT2D eigenvalue weighted by Gasteiger charge is -2.29. The van der Waals surface area contributed by atoms with Crippen LogP contribution in [0.4, 0.5) is 11.6 Å². The summed E-state index contributed by atoms with van der Waals surface area (Å²) in [4.78, 5) is 11.0. The minimum Gasteiger partial charge on any atom is -0.357 e. The number of hydrazine groups is 1. The molecule has 0 fully saturated rings. The highest BCUT2D eigenvalue weighted by atomic mass is 15.3. The van der Waals surface area contributed by atoms with Crippen molar-refractivity contribution in [3.63, 3.8) is 0 Å². The van der Waals surface area contributed by atoms with Gasteiger partial charge in [-0.3, -0.25) is 0 Å². The molecule has 3 N–H and O–H groups in total. The predicted octanol–water partition coefficient (Wildman–Crippen LogP) is 1.81. The third-order valence-corrected chi connectivity index (χ3v) is 3.16. The molecule has 1 heterocycles. The summed E-state index contributed by atoms with van der Waals surface area (Å²) in [5.41, 5.74) is 2.59. The van der Waals surface area contributed by atoms with Crippen LogP contribution in [0.2, 0.25) is 0 Å². The van der Waals surface area contributed by atoms with Crippen LogP contribution < -0.4 is 16.2 Å². The third-order valence-electron chi connectivity index (χ3n) is 3.16. The highest BCUT2D eigenvalue weighted by Gasteiger charge is 2.16. The van der Waals surface area contributed by atoms with Crippen LogP contribution in [0.1, 0.15) is 33.5 Å². The van der Waals surface area contributed by atoms with Crippen LogP contribution in [0.5, 0.6) is 0 Å². The lowest BCUT2D eigenvalue weighted by atomic mass is 10.1. The van der Waals surface area contributed by atoms with Crippen molar-refractivity contribution in [3.8, 4) is 0 Å². The molecule has 0 aromatic carbocycles. The third kappa shape index (κ3) is 3.30. The average Bonchev–Trinajstić information content (AvgIpc) is 2.35. The molecule has 1 unspecified atom stereocenters. The van der Waals surface area contributed by atoms with Gasteiger partial charge in [-0.25, -0.2) is 15.8 Å². The first-order chi connectivity index (χ1) is 7.99. The Balaban J connectivity index is 3.03. The minimum absolute atomic E-state index is 0.417. The van der Waals surface area contributed by atoms with Crippen LogP contribution in [-0.2, 0) is 6.42 Å². The van der Waals surface area contributed by atoms with Crippen LogP contribution in [0.3, 0.4) is 0 Å². The number of hydrogen-bond donors (Lipinski definition) is 2. The molecule has 1 aromatic rings. The second kappa shape index (κ2) is 5.82. The Hall–Kier alpha value is -1.36. The SMILES string of the molecule is CCc1nc(NN)cc(N(C)C(C)C(C)C)n1. The number of anilines is 2. The number of nitrogens with two attached hydrogens (primary N) is 1. The van der Waals surface area contributed by atoms with E-state index in [0.717, 1.165) is 18.1 Å². The van der Waals surface area contributed by atoms with Gasteiger partial charge in [0.15, 0.2) is 0 Å². The summed E-state index contributed by atoms with van der Waals surface area (Å²) < 4.78 is 0. The first-order valence-corrected chi connectivity index (χ1v) is 6.07. The average molecular weight is 237 g/mol. The van der Waals surface area contributed by atoms with Crippen molar-refractivity contribution in [2.75, 3.05) is 17.4 Å². The van der Waals surface area contributed by atoms with Gasteiger partial charge in [0, 0.05) is 25.6 Å². The summed E-state index contributed by atoms with van der Waals surface area (Å²) >= 11 is 0. The molecule has 1 rings (SSSR count). The molecule has 0 saturated carbocycles. The molecule has 96 valence electrons. The first kappa shape index (κ1) is 13.7. The van der Waals surface area contributed by atoms with Gasteiger partial charge >= 0.3 is 0 Å². The standard InChI is InChI=1S/C12H23N5/c1-6-10-14-11(16-13)7-12(15-10)17(5)9(4)8(2)3/h7-9H,6,13H2,1-5H3,(H,14,15,16). The quantitative estimate of drug-likeness (QED) is 0.604. The van der Waals surface area contributed by atoms with Crippen molar-refractivity contribution in [1.29, 1.82) is 0 Å². The van der Waals surface area contributed by atoms with Gasteiger partial charge in [-0.1, -0.05) is 20.8 Å². The fourth-order valence-corrected chi connectivity index (χ4v) is 1.55. The Labute approximate surface area is 103 Å². The van der Waals surface area contributed by atoms with Gasteiger partial charge in [0.25, 0.3) is 0 Å². The molecule has 0 spiro atoms. The minimum atomic E-state index is 0.417. The van der Waals surface area contributed by atoms with Crippen molar-refractivity contribution in [3.05, 3.63) is 11.9 Å². The number of nitrogens with one attached hydrogen (secondary N) is 1. The molecular formula is C12H23N5. The van der Waals surface area contributed by atoms with Gasteiger partial charge in [-0.05, 0) is 12.8 Å². The highest BCUT2D eigenvalue weighted by Crippen LogP contribution is 2.19. The van der Waals surface area contributed by atoms with Gasteiger partial charge < -0.3 is 10.3 Å². The van der Waals surface area contributed by atoms with E-state index in [1.54, 1.807) is 0 Å². The number of nitrogens with zero attached hydrogens (tertiary/aromatic N) is 3. The second-order valence-electron chi connectivity index (χ2n) is 4.62. The Morgan fingerprint density at radius 3 is 2.47 bits per heavy atom. The maximum atomic E-state index is 5.42. The zero-order valence-electron chi connectivity index (χ0n) is 11.4. The normalized spacial score (nSPS) is 12.6. The van der Waals surface area contributed by atoms with E-state index in [2.05, 4.69) is 41.1 Å².